The van der Waals surface area contributed by atoms with Crippen molar-refractivity contribution in [3.05, 3.63) is 68.5 Å². The van der Waals surface area contributed by atoms with Crippen molar-refractivity contribution < 1.29 is 53.4 Å². The lowest BCUT2D eigenvalue weighted by molar-refractivity contribution is -0.240. The number of benzene rings is 1. The molecule has 5 aliphatic rings. The number of phenols is 1. The fourth-order valence-electron chi connectivity index (χ4n) is 7.59. The number of halogens is 1. The van der Waals surface area contributed by atoms with E-state index < -0.39 is 69.5 Å². The Morgan fingerprint density at radius 1 is 1.16 bits per heavy atom. The van der Waals surface area contributed by atoms with E-state index in [0.29, 0.717) is 28.7 Å². The maximum atomic E-state index is 14.3. The molecule has 12 heteroatoms. The standard InChI is InChI=1S/C33H35ClO11/c1-14(2)7-8-32-26(37)18(12-20(36)28(32)44-32)17-9-16(4)13-31(30(40)42-6)23(17)25(41-5)24(34)27(38)33(31)43-21-11-15(3)10-19(35)22(21)29(39)45-33/h7,9-11,20,23,26,28,35-37H,8,12-13H2,1-6H3/b18-17-/t20-,23+,26+,28-,31+,32+,33-/m0/s1. The molecular formula is C33H35ClO11. The predicted molar refractivity (Wildman–Crippen MR) is 158 cm³/mol. The summed E-state index contributed by atoms with van der Waals surface area (Å²) in [5.41, 5.74) is -0.874. The third-order valence-corrected chi connectivity index (χ3v) is 9.92. The van der Waals surface area contributed by atoms with Gasteiger partial charge in [0.05, 0.1) is 26.2 Å². The summed E-state index contributed by atoms with van der Waals surface area (Å²) >= 11 is 6.72. The predicted octanol–water partition coefficient (Wildman–Crippen LogP) is 3.67. The van der Waals surface area contributed by atoms with Crippen molar-refractivity contribution in [2.24, 2.45) is 11.3 Å². The number of aryl methyl sites for hydroxylation is 1. The molecule has 1 spiro atoms. The Hall–Kier alpha value is -3.64. The van der Waals surface area contributed by atoms with Crippen LogP contribution in [0.3, 0.4) is 0 Å². The van der Waals surface area contributed by atoms with Crippen LogP contribution in [0.2, 0.25) is 0 Å². The van der Waals surface area contributed by atoms with Crippen molar-refractivity contribution in [2.45, 2.75) is 76.7 Å². The normalized spacial score (nSPS) is 36.6. The number of ether oxygens (including phenoxy) is 5. The minimum Gasteiger partial charge on any atom is -0.507 e. The Balaban J connectivity index is 1.65. The Bertz CT molecular complexity index is 1670. The van der Waals surface area contributed by atoms with Crippen molar-refractivity contribution in [1.29, 1.82) is 0 Å². The third kappa shape index (κ3) is 4.17. The van der Waals surface area contributed by atoms with Crippen LogP contribution in [0.1, 0.15) is 56.0 Å². The van der Waals surface area contributed by atoms with Crippen LogP contribution in [0.15, 0.2) is 57.4 Å². The maximum Gasteiger partial charge on any atom is 0.349 e. The van der Waals surface area contributed by atoms with Gasteiger partial charge in [-0.05, 0) is 63.0 Å². The molecule has 11 nitrogen and oxygen atoms in total. The van der Waals surface area contributed by atoms with Gasteiger partial charge in [-0.2, -0.15) is 0 Å². The first-order chi connectivity index (χ1) is 21.2. The molecule has 45 heavy (non-hydrogen) atoms. The molecule has 6 rings (SSSR count). The van der Waals surface area contributed by atoms with E-state index in [1.807, 2.05) is 19.9 Å². The smallest absolute Gasteiger partial charge is 0.349 e. The summed E-state index contributed by atoms with van der Waals surface area (Å²) in [6, 6.07) is 2.78. The summed E-state index contributed by atoms with van der Waals surface area (Å²) in [4.78, 5) is 42.3. The molecule has 0 radical (unpaired) electrons. The van der Waals surface area contributed by atoms with Crippen molar-refractivity contribution in [3.63, 3.8) is 0 Å². The highest BCUT2D eigenvalue weighted by Crippen LogP contribution is 2.64. The van der Waals surface area contributed by atoms with Gasteiger partial charge in [-0.25, -0.2) is 4.79 Å². The molecular weight excluding hydrogens is 608 g/mol. The zero-order valence-electron chi connectivity index (χ0n) is 25.7. The Morgan fingerprint density at radius 2 is 1.87 bits per heavy atom. The van der Waals surface area contributed by atoms with Crippen molar-refractivity contribution in [3.8, 4) is 11.5 Å². The number of hydrogen-bond donors (Lipinski definition) is 3. The zero-order chi connectivity index (χ0) is 32.8. The Labute approximate surface area is 264 Å². The first-order valence-electron chi connectivity index (χ1n) is 14.6. The molecule has 0 bridgehead atoms. The number of allylic oxidation sites excluding steroid dienone is 4. The van der Waals surface area contributed by atoms with E-state index in [4.69, 9.17) is 35.3 Å². The number of aliphatic hydroxyl groups excluding tert-OH is 2. The first kappa shape index (κ1) is 31.3. The number of Topliss-reactive ketones (excluding diaryl/α,β-unsaturated/α-hetero) is 1. The minimum atomic E-state index is -2.70. The van der Waals surface area contributed by atoms with E-state index in [1.54, 1.807) is 19.9 Å². The quantitative estimate of drug-likeness (QED) is 0.250. The molecule has 0 aromatic heterocycles. The van der Waals surface area contributed by atoms with Crippen LogP contribution in [0.4, 0.5) is 0 Å². The fourth-order valence-corrected chi connectivity index (χ4v) is 7.90. The van der Waals surface area contributed by atoms with E-state index in [1.165, 1.54) is 19.2 Å². The molecule has 2 heterocycles. The number of carbonyl (C=O) groups is 3. The zero-order valence-corrected chi connectivity index (χ0v) is 26.5. The lowest BCUT2D eigenvalue weighted by Crippen LogP contribution is -2.71. The largest absolute Gasteiger partial charge is 0.507 e. The number of epoxide rings is 1. The maximum absolute atomic E-state index is 14.3. The van der Waals surface area contributed by atoms with Gasteiger partial charge in [-0.3, -0.25) is 9.59 Å². The van der Waals surface area contributed by atoms with E-state index >= 15 is 0 Å². The minimum absolute atomic E-state index is 0.0264. The van der Waals surface area contributed by atoms with E-state index in [2.05, 4.69) is 0 Å². The SMILES string of the molecule is COC(=O)[C@@]12CC(C)=C/C(=C3\C[C@H](O)[C@@H]4O[C@]4(CC=C(C)C)[C@@H]3O)[C@@H]1C(OC)=C(Cl)C(=O)[C@]21OC(=O)c2c(O)cc(C)cc2O1. The number of phenolic OH excluding ortho intramolecular Hbond substituents is 1. The molecule has 3 N–H and O–H groups in total. The summed E-state index contributed by atoms with van der Waals surface area (Å²) in [6.45, 7) is 7.19. The molecule has 0 unspecified atom stereocenters. The number of rotatable bonds is 4. The monoisotopic (exact) mass is 642 g/mol. The van der Waals surface area contributed by atoms with Crippen LogP contribution in [-0.4, -0.2) is 77.0 Å². The third-order valence-electron chi connectivity index (χ3n) is 9.56. The highest BCUT2D eigenvalue weighted by molar-refractivity contribution is 6.44. The molecule has 1 aromatic carbocycles. The Kier molecular flexibility index (Phi) is 7.28. The van der Waals surface area contributed by atoms with Crippen LogP contribution >= 0.6 is 11.6 Å². The molecule has 2 aliphatic heterocycles. The van der Waals surface area contributed by atoms with Crippen LogP contribution in [-0.2, 0) is 28.5 Å². The van der Waals surface area contributed by atoms with Gasteiger partial charge in [0, 0.05) is 12.8 Å². The van der Waals surface area contributed by atoms with E-state index in [9.17, 15) is 29.7 Å². The number of carbonyl (C=O) groups excluding carboxylic acids is 3. The van der Waals surface area contributed by atoms with Gasteiger partial charge in [0.2, 0.25) is 0 Å². The summed E-state index contributed by atoms with van der Waals surface area (Å²) in [6.07, 6.45) is 0.927. The summed E-state index contributed by atoms with van der Waals surface area (Å²) < 4.78 is 29.2. The number of esters is 2. The van der Waals surface area contributed by atoms with Crippen LogP contribution < -0.4 is 4.74 Å². The molecule has 1 saturated heterocycles. The topological polar surface area (TPSA) is 161 Å². The van der Waals surface area contributed by atoms with Gasteiger partial charge >= 0.3 is 17.7 Å². The van der Waals surface area contributed by atoms with Gasteiger partial charge < -0.3 is 39.0 Å². The molecule has 1 aromatic rings. The number of ketones is 1. The number of hydrogen-bond acceptors (Lipinski definition) is 11. The lowest BCUT2D eigenvalue weighted by atomic mass is 9.54. The molecule has 2 fully saturated rings. The molecule has 1 saturated carbocycles. The van der Waals surface area contributed by atoms with Crippen LogP contribution in [0.25, 0.3) is 0 Å². The average Bonchev–Trinajstić information content (AvgIpc) is 3.73. The molecule has 240 valence electrons. The number of aliphatic hydroxyl groups is 2. The molecule has 0 amide bonds. The summed E-state index contributed by atoms with van der Waals surface area (Å²) in [7, 11) is 2.41. The number of aromatic hydroxyl groups is 1. The van der Waals surface area contributed by atoms with E-state index in [-0.39, 0.29) is 29.9 Å². The van der Waals surface area contributed by atoms with Crippen molar-refractivity contribution in [1.82, 2.24) is 0 Å². The van der Waals surface area contributed by atoms with Crippen LogP contribution in [0.5, 0.6) is 11.5 Å². The molecule has 3 aliphatic carbocycles. The van der Waals surface area contributed by atoms with Gasteiger partial charge in [0.25, 0.3) is 5.78 Å². The van der Waals surface area contributed by atoms with Crippen LogP contribution in [0, 0.1) is 18.3 Å². The van der Waals surface area contributed by atoms with Crippen molar-refractivity contribution >= 4 is 29.3 Å². The average molecular weight is 643 g/mol. The summed E-state index contributed by atoms with van der Waals surface area (Å²) in [5, 5.41) is 33.2. The second kappa shape index (κ2) is 10.4. The summed E-state index contributed by atoms with van der Waals surface area (Å²) in [5.74, 6) is -7.87. The number of fused-ring (bicyclic) bond motifs is 4. The fraction of sp³-hybridized carbons (Fsp3) is 0.485. The van der Waals surface area contributed by atoms with Gasteiger partial charge in [0.15, 0.2) is 5.41 Å². The van der Waals surface area contributed by atoms with Crippen molar-refractivity contribution in [2.75, 3.05) is 14.2 Å². The second-order valence-electron chi connectivity index (χ2n) is 12.7. The number of methoxy groups -OCH3 is 2. The van der Waals surface area contributed by atoms with Gasteiger partial charge in [0.1, 0.15) is 45.7 Å². The second-order valence-corrected chi connectivity index (χ2v) is 13.1. The highest BCUT2D eigenvalue weighted by atomic mass is 35.5. The van der Waals surface area contributed by atoms with Gasteiger partial charge in [-0.15, -0.1) is 0 Å². The van der Waals surface area contributed by atoms with Gasteiger partial charge in [-0.1, -0.05) is 34.9 Å². The van der Waals surface area contributed by atoms with E-state index in [0.717, 1.165) is 12.7 Å². The molecule has 7 atom stereocenters. The highest BCUT2D eigenvalue weighted by Gasteiger charge is 2.78. The first-order valence-corrected chi connectivity index (χ1v) is 15.0. The Morgan fingerprint density at radius 3 is 2.51 bits per heavy atom. The lowest BCUT2D eigenvalue weighted by Gasteiger charge is -2.55.